The minimum Gasteiger partial charge on any atom is -0.463 e. The van der Waals surface area contributed by atoms with Gasteiger partial charge in [-0.05, 0) is 32.1 Å². The summed E-state index contributed by atoms with van der Waals surface area (Å²) in [5.74, 6) is -0.645. The molecule has 0 aliphatic carbocycles. The normalized spacial score (nSPS) is 20.0. The van der Waals surface area contributed by atoms with Crippen LogP contribution in [0.5, 0.6) is 0 Å². The van der Waals surface area contributed by atoms with Gasteiger partial charge in [0.1, 0.15) is 0 Å². The largest absolute Gasteiger partial charge is 0.463 e. The van der Waals surface area contributed by atoms with Gasteiger partial charge in [-0.15, -0.1) is 0 Å². The molecule has 0 spiro atoms. The van der Waals surface area contributed by atoms with Gasteiger partial charge >= 0.3 is 5.97 Å². The molecular weight excluding hydrogens is 310 g/mol. The van der Waals surface area contributed by atoms with E-state index < -0.39 is 18.1 Å². The Hall–Kier alpha value is -1.89. The third-order valence-electron chi connectivity index (χ3n) is 3.84. The van der Waals surface area contributed by atoms with E-state index in [0.29, 0.717) is 25.3 Å². The van der Waals surface area contributed by atoms with Crippen molar-refractivity contribution in [3.05, 3.63) is 12.2 Å². The fraction of sp³-hybridized carbons (Fsp3) is 0.706. The lowest BCUT2D eigenvalue weighted by Gasteiger charge is -2.21. The van der Waals surface area contributed by atoms with E-state index in [9.17, 15) is 14.4 Å². The van der Waals surface area contributed by atoms with Crippen molar-refractivity contribution < 1.29 is 19.1 Å². The van der Waals surface area contributed by atoms with Crippen LogP contribution in [0.1, 0.15) is 40.0 Å². The number of rotatable bonds is 9. The Bertz CT molecular complexity index is 476. The molecule has 24 heavy (non-hydrogen) atoms. The zero-order valence-corrected chi connectivity index (χ0v) is 14.7. The van der Waals surface area contributed by atoms with Gasteiger partial charge in [0.2, 0.25) is 11.8 Å². The van der Waals surface area contributed by atoms with Gasteiger partial charge in [-0.3, -0.25) is 9.59 Å². The van der Waals surface area contributed by atoms with Crippen LogP contribution in [0.2, 0.25) is 0 Å². The molecule has 136 valence electrons. The van der Waals surface area contributed by atoms with Gasteiger partial charge in [0, 0.05) is 24.6 Å². The highest BCUT2D eigenvalue weighted by Gasteiger charge is 2.28. The molecule has 0 aromatic heterocycles. The predicted octanol–water partition coefficient (Wildman–Crippen LogP) is 0.490. The number of nitrogens with one attached hydrogen (secondary N) is 2. The second kappa shape index (κ2) is 10.1. The van der Waals surface area contributed by atoms with Gasteiger partial charge in [-0.25, -0.2) is 4.79 Å². The molecular formula is C17H29N3O4. The molecule has 1 aliphatic heterocycles. The first-order chi connectivity index (χ1) is 11.3. The van der Waals surface area contributed by atoms with Crippen LogP contribution < -0.4 is 16.4 Å². The fourth-order valence-electron chi connectivity index (χ4n) is 2.65. The summed E-state index contributed by atoms with van der Waals surface area (Å²) in [5, 5.41) is 5.60. The first kappa shape index (κ1) is 20.2. The Morgan fingerprint density at radius 2 is 2.17 bits per heavy atom. The molecule has 0 saturated carbocycles. The van der Waals surface area contributed by atoms with E-state index in [0.717, 1.165) is 6.42 Å². The fourth-order valence-corrected chi connectivity index (χ4v) is 2.65. The minimum absolute atomic E-state index is 0.0229. The van der Waals surface area contributed by atoms with E-state index in [2.05, 4.69) is 10.6 Å². The topological polar surface area (TPSA) is 111 Å². The standard InChI is InChI=1S/C17H29N3O4/c1-4-24-15(21)6-5-13(10-12-7-8-19-16(12)22)20-17(23)14(18)9-11(2)3/h5-6,11-14H,4,7-10,18H2,1-3H3,(H,19,22)(H,20,23)/b6-5+. The summed E-state index contributed by atoms with van der Waals surface area (Å²) in [4.78, 5) is 35.5. The highest BCUT2D eigenvalue weighted by atomic mass is 16.5. The Labute approximate surface area is 143 Å². The number of esters is 1. The average Bonchev–Trinajstić information content (AvgIpc) is 2.89. The van der Waals surface area contributed by atoms with Crippen molar-refractivity contribution in [2.75, 3.05) is 13.2 Å². The van der Waals surface area contributed by atoms with Crippen molar-refractivity contribution in [3.63, 3.8) is 0 Å². The van der Waals surface area contributed by atoms with E-state index in [1.54, 1.807) is 13.0 Å². The molecule has 1 saturated heterocycles. The molecule has 1 heterocycles. The van der Waals surface area contributed by atoms with Gasteiger partial charge in [-0.1, -0.05) is 19.9 Å². The van der Waals surface area contributed by atoms with E-state index >= 15 is 0 Å². The second-order valence-corrected chi connectivity index (χ2v) is 6.47. The molecule has 0 aromatic carbocycles. The second-order valence-electron chi connectivity index (χ2n) is 6.47. The van der Waals surface area contributed by atoms with Gasteiger partial charge in [-0.2, -0.15) is 0 Å². The van der Waals surface area contributed by atoms with Crippen LogP contribution in [0.4, 0.5) is 0 Å². The molecule has 1 rings (SSSR count). The van der Waals surface area contributed by atoms with Crippen LogP contribution in [0.15, 0.2) is 12.2 Å². The summed E-state index contributed by atoms with van der Waals surface area (Å²) < 4.78 is 4.85. The van der Waals surface area contributed by atoms with E-state index in [1.165, 1.54) is 6.08 Å². The van der Waals surface area contributed by atoms with Crippen molar-refractivity contribution in [1.29, 1.82) is 0 Å². The van der Waals surface area contributed by atoms with Gasteiger partial charge in [0.15, 0.2) is 0 Å². The van der Waals surface area contributed by atoms with Crippen LogP contribution in [0.25, 0.3) is 0 Å². The minimum atomic E-state index is -0.610. The van der Waals surface area contributed by atoms with Gasteiger partial charge in [0.25, 0.3) is 0 Å². The van der Waals surface area contributed by atoms with Crippen LogP contribution in [0.3, 0.4) is 0 Å². The maximum atomic E-state index is 12.2. The summed E-state index contributed by atoms with van der Waals surface area (Å²) in [5.41, 5.74) is 5.90. The lowest BCUT2D eigenvalue weighted by atomic mass is 9.97. The number of ether oxygens (including phenoxy) is 1. The third kappa shape index (κ3) is 7.12. The summed E-state index contributed by atoms with van der Waals surface area (Å²) in [6.07, 6.45) is 4.58. The number of carbonyl (C=O) groups is 3. The number of hydrogen-bond donors (Lipinski definition) is 3. The zero-order chi connectivity index (χ0) is 18.1. The van der Waals surface area contributed by atoms with Crippen molar-refractivity contribution >= 4 is 17.8 Å². The van der Waals surface area contributed by atoms with Crippen molar-refractivity contribution in [2.24, 2.45) is 17.6 Å². The highest BCUT2D eigenvalue weighted by Crippen LogP contribution is 2.17. The summed E-state index contributed by atoms with van der Waals surface area (Å²) in [6, 6.07) is -1.05. The number of hydrogen-bond acceptors (Lipinski definition) is 5. The Morgan fingerprint density at radius 3 is 2.71 bits per heavy atom. The monoisotopic (exact) mass is 339 g/mol. The lowest BCUT2D eigenvalue weighted by Crippen LogP contribution is -2.46. The Kier molecular flexibility index (Phi) is 8.46. The maximum Gasteiger partial charge on any atom is 0.330 e. The summed E-state index contributed by atoms with van der Waals surface area (Å²) in [6.45, 7) is 6.63. The van der Waals surface area contributed by atoms with Crippen molar-refractivity contribution in [3.8, 4) is 0 Å². The SMILES string of the molecule is CCOC(=O)/C=C/C(CC1CCNC1=O)NC(=O)C(N)CC(C)C. The molecule has 1 aliphatic rings. The first-order valence-electron chi connectivity index (χ1n) is 8.52. The van der Waals surface area contributed by atoms with Crippen molar-refractivity contribution in [2.45, 2.75) is 52.1 Å². The molecule has 4 N–H and O–H groups in total. The molecule has 7 heteroatoms. The molecule has 1 fully saturated rings. The molecule has 2 amide bonds. The lowest BCUT2D eigenvalue weighted by molar-refractivity contribution is -0.137. The predicted molar refractivity (Wildman–Crippen MR) is 90.9 cm³/mol. The van der Waals surface area contributed by atoms with Crippen LogP contribution in [0, 0.1) is 11.8 Å². The average molecular weight is 339 g/mol. The first-order valence-corrected chi connectivity index (χ1v) is 8.52. The van der Waals surface area contributed by atoms with Crippen LogP contribution in [-0.4, -0.2) is 43.0 Å². The molecule has 3 unspecified atom stereocenters. The number of carbonyl (C=O) groups excluding carboxylic acids is 3. The van der Waals surface area contributed by atoms with Gasteiger partial charge in [0.05, 0.1) is 12.6 Å². The van der Waals surface area contributed by atoms with Crippen molar-refractivity contribution in [1.82, 2.24) is 10.6 Å². The highest BCUT2D eigenvalue weighted by molar-refractivity contribution is 5.84. The molecule has 7 nitrogen and oxygen atoms in total. The molecule has 3 atom stereocenters. The molecule has 0 radical (unpaired) electrons. The third-order valence-corrected chi connectivity index (χ3v) is 3.84. The summed E-state index contributed by atoms with van der Waals surface area (Å²) in [7, 11) is 0. The molecule has 0 bridgehead atoms. The zero-order valence-electron chi connectivity index (χ0n) is 14.7. The number of nitrogens with two attached hydrogens (primary N) is 1. The maximum absolute atomic E-state index is 12.2. The van der Waals surface area contributed by atoms with Gasteiger partial charge < -0.3 is 21.1 Å². The summed E-state index contributed by atoms with van der Waals surface area (Å²) >= 11 is 0. The van der Waals surface area contributed by atoms with Crippen LogP contribution in [-0.2, 0) is 19.1 Å². The Balaban J connectivity index is 2.70. The molecule has 0 aromatic rings. The van der Waals surface area contributed by atoms with Crippen LogP contribution >= 0.6 is 0 Å². The smallest absolute Gasteiger partial charge is 0.330 e. The Morgan fingerprint density at radius 1 is 1.46 bits per heavy atom. The van der Waals surface area contributed by atoms with E-state index in [-0.39, 0.29) is 24.3 Å². The number of amides is 2. The quantitative estimate of drug-likeness (QED) is 0.418. The van der Waals surface area contributed by atoms with E-state index in [1.807, 2.05) is 13.8 Å². The van der Waals surface area contributed by atoms with E-state index in [4.69, 9.17) is 10.5 Å².